The number of ether oxygens (including phenoxy) is 2. The Labute approximate surface area is 108 Å². The van der Waals surface area contributed by atoms with E-state index in [0.717, 1.165) is 12.1 Å². The molecule has 1 aliphatic heterocycles. The summed E-state index contributed by atoms with van der Waals surface area (Å²) in [7, 11) is 1.22. The van der Waals surface area contributed by atoms with E-state index in [1.165, 1.54) is 13.2 Å². The highest BCUT2D eigenvalue weighted by Crippen LogP contribution is 2.33. The molecule has 6 nitrogen and oxygen atoms in total. The number of carbonyl (C=O) groups is 1. The van der Waals surface area contributed by atoms with E-state index in [0.29, 0.717) is 13.2 Å². The molecular formula is C12H12FNO5. The van der Waals surface area contributed by atoms with Gasteiger partial charge in [0.25, 0.3) is 5.69 Å². The van der Waals surface area contributed by atoms with Crippen LogP contribution in [0.15, 0.2) is 18.2 Å². The molecule has 0 saturated carbocycles. The van der Waals surface area contributed by atoms with Crippen LogP contribution >= 0.6 is 0 Å². The molecule has 0 spiro atoms. The molecule has 0 aliphatic carbocycles. The minimum absolute atomic E-state index is 0.145. The molecule has 0 N–H and O–H groups in total. The van der Waals surface area contributed by atoms with E-state index in [1.807, 2.05) is 0 Å². The standard InChI is InChI=1S/C12H12FNO5/c1-18-12(15)11(8-5-19-6-8)7-2-9(13)4-10(3-7)14(16)17/h2-4,8,11H,5-6H2,1H3. The molecule has 1 unspecified atom stereocenters. The van der Waals surface area contributed by atoms with Gasteiger partial charge in [-0.3, -0.25) is 14.9 Å². The number of esters is 1. The van der Waals surface area contributed by atoms with Gasteiger partial charge in [0.1, 0.15) is 5.82 Å². The first kappa shape index (κ1) is 13.4. The minimum Gasteiger partial charge on any atom is -0.469 e. The van der Waals surface area contributed by atoms with E-state index in [9.17, 15) is 19.3 Å². The third-order valence-corrected chi connectivity index (χ3v) is 3.07. The molecule has 1 atom stereocenters. The topological polar surface area (TPSA) is 78.7 Å². The van der Waals surface area contributed by atoms with E-state index in [2.05, 4.69) is 4.74 Å². The molecule has 19 heavy (non-hydrogen) atoms. The van der Waals surface area contributed by atoms with Crippen molar-refractivity contribution in [3.8, 4) is 0 Å². The van der Waals surface area contributed by atoms with Crippen molar-refractivity contribution in [2.45, 2.75) is 5.92 Å². The number of nitrogens with zero attached hydrogens (tertiary/aromatic N) is 1. The van der Waals surface area contributed by atoms with Crippen molar-refractivity contribution in [3.05, 3.63) is 39.7 Å². The monoisotopic (exact) mass is 269 g/mol. The molecule has 1 aromatic carbocycles. The van der Waals surface area contributed by atoms with Gasteiger partial charge >= 0.3 is 5.97 Å². The Morgan fingerprint density at radius 1 is 1.53 bits per heavy atom. The number of hydrogen-bond donors (Lipinski definition) is 0. The molecule has 1 saturated heterocycles. The van der Waals surface area contributed by atoms with Crippen LogP contribution in [0.5, 0.6) is 0 Å². The third-order valence-electron chi connectivity index (χ3n) is 3.07. The number of nitro groups is 1. The van der Waals surface area contributed by atoms with E-state index in [-0.39, 0.29) is 17.2 Å². The Bertz CT molecular complexity index is 515. The quantitative estimate of drug-likeness (QED) is 0.471. The second-order valence-electron chi connectivity index (χ2n) is 4.30. The van der Waals surface area contributed by atoms with Crippen molar-refractivity contribution in [1.29, 1.82) is 0 Å². The molecule has 0 bridgehead atoms. The molecule has 1 aliphatic rings. The fourth-order valence-electron chi connectivity index (χ4n) is 2.06. The number of rotatable bonds is 4. The fourth-order valence-corrected chi connectivity index (χ4v) is 2.06. The highest BCUT2D eigenvalue weighted by Gasteiger charge is 2.36. The number of hydrogen-bond acceptors (Lipinski definition) is 5. The zero-order valence-electron chi connectivity index (χ0n) is 10.2. The largest absolute Gasteiger partial charge is 0.469 e. The number of halogens is 1. The molecule has 0 radical (unpaired) electrons. The van der Waals surface area contributed by atoms with Crippen molar-refractivity contribution >= 4 is 11.7 Å². The third kappa shape index (κ3) is 2.70. The maximum absolute atomic E-state index is 13.4. The van der Waals surface area contributed by atoms with Gasteiger partial charge in [0.2, 0.25) is 0 Å². The molecule has 7 heteroatoms. The van der Waals surface area contributed by atoms with Crippen LogP contribution in [0, 0.1) is 21.8 Å². The first-order chi connectivity index (χ1) is 9.02. The van der Waals surface area contributed by atoms with Crippen LogP contribution in [-0.2, 0) is 14.3 Å². The van der Waals surface area contributed by atoms with Crippen molar-refractivity contribution in [1.82, 2.24) is 0 Å². The number of carbonyl (C=O) groups excluding carboxylic acids is 1. The summed E-state index contributed by atoms with van der Waals surface area (Å²) in [5.74, 6) is -2.19. The highest BCUT2D eigenvalue weighted by atomic mass is 19.1. The fraction of sp³-hybridized carbons (Fsp3) is 0.417. The Morgan fingerprint density at radius 2 is 2.21 bits per heavy atom. The number of nitro benzene ring substituents is 1. The average Bonchev–Trinajstić information content (AvgIpc) is 2.31. The molecule has 0 amide bonds. The van der Waals surface area contributed by atoms with Gasteiger partial charge in [-0.05, 0) is 11.6 Å². The Balaban J connectivity index is 2.40. The lowest BCUT2D eigenvalue weighted by molar-refractivity contribution is -0.385. The van der Waals surface area contributed by atoms with Crippen molar-refractivity contribution in [2.75, 3.05) is 20.3 Å². The zero-order chi connectivity index (χ0) is 14.0. The van der Waals surface area contributed by atoms with Crippen LogP contribution < -0.4 is 0 Å². The molecule has 2 rings (SSSR count). The molecule has 0 aromatic heterocycles. The second-order valence-corrected chi connectivity index (χ2v) is 4.30. The van der Waals surface area contributed by atoms with Crippen LogP contribution in [0.4, 0.5) is 10.1 Å². The van der Waals surface area contributed by atoms with Gasteiger partial charge in [0.15, 0.2) is 0 Å². The molecule has 1 heterocycles. The summed E-state index contributed by atoms with van der Waals surface area (Å²) in [6.45, 7) is 0.703. The van der Waals surface area contributed by atoms with Crippen LogP contribution in [0.3, 0.4) is 0 Å². The zero-order valence-corrected chi connectivity index (χ0v) is 10.2. The van der Waals surface area contributed by atoms with E-state index < -0.39 is 22.6 Å². The number of methoxy groups -OCH3 is 1. The first-order valence-electron chi connectivity index (χ1n) is 5.63. The second kappa shape index (κ2) is 5.31. The van der Waals surface area contributed by atoms with Gasteiger partial charge in [-0.15, -0.1) is 0 Å². The van der Waals surface area contributed by atoms with Crippen LogP contribution in [-0.4, -0.2) is 31.2 Å². The Morgan fingerprint density at radius 3 is 2.68 bits per heavy atom. The van der Waals surface area contributed by atoms with E-state index >= 15 is 0 Å². The summed E-state index contributed by atoms with van der Waals surface area (Å²) < 4.78 is 23.1. The molecular weight excluding hydrogens is 257 g/mol. The van der Waals surface area contributed by atoms with Gasteiger partial charge < -0.3 is 9.47 Å². The number of non-ortho nitro benzene ring substituents is 1. The lowest BCUT2D eigenvalue weighted by Gasteiger charge is -2.32. The number of benzene rings is 1. The Kier molecular flexibility index (Phi) is 3.75. The highest BCUT2D eigenvalue weighted by molar-refractivity contribution is 5.79. The predicted molar refractivity (Wildman–Crippen MR) is 62.1 cm³/mol. The summed E-state index contributed by atoms with van der Waals surface area (Å²) in [5.41, 5.74) is -0.143. The Hall–Kier alpha value is -2.02. The lowest BCUT2D eigenvalue weighted by atomic mass is 9.84. The SMILES string of the molecule is COC(=O)C(c1cc(F)cc([N+](=O)[O-])c1)C1COC1. The van der Waals surface area contributed by atoms with Crippen molar-refractivity contribution < 1.29 is 23.6 Å². The summed E-state index contributed by atoms with van der Waals surface area (Å²) in [4.78, 5) is 21.8. The maximum atomic E-state index is 13.4. The smallest absolute Gasteiger partial charge is 0.313 e. The van der Waals surface area contributed by atoms with Crippen LogP contribution in [0.1, 0.15) is 11.5 Å². The van der Waals surface area contributed by atoms with E-state index in [1.54, 1.807) is 0 Å². The molecule has 102 valence electrons. The van der Waals surface area contributed by atoms with Gasteiger partial charge in [0, 0.05) is 12.0 Å². The van der Waals surface area contributed by atoms with Crippen LogP contribution in [0.2, 0.25) is 0 Å². The first-order valence-corrected chi connectivity index (χ1v) is 5.63. The van der Waals surface area contributed by atoms with Crippen molar-refractivity contribution in [3.63, 3.8) is 0 Å². The van der Waals surface area contributed by atoms with Gasteiger partial charge in [0.05, 0.1) is 37.2 Å². The lowest BCUT2D eigenvalue weighted by Crippen LogP contribution is -2.37. The summed E-state index contributed by atoms with van der Waals surface area (Å²) in [5, 5.41) is 10.7. The predicted octanol–water partition coefficient (Wildman–Crippen LogP) is 1.64. The normalized spacial score (nSPS) is 16.5. The van der Waals surface area contributed by atoms with Crippen LogP contribution in [0.25, 0.3) is 0 Å². The summed E-state index contributed by atoms with van der Waals surface area (Å²) in [6.07, 6.45) is 0. The molecule has 1 fully saturated rings. The van der Waals surface area contributed by atoms with Crippen molar-refractivity contribution in [2.24, 2.45) is 5.92 Å². The minimum atomic E-state index is -0.752. The molecule has 1 aromatic rings. The van der Waals surface area contributed by atoms with E-state index in [4.69, 9.17) is 4.74 Å². The summed E-state index contributed by atoms with van der Waals surface area (Å²) >= 11 is 0. The average molecular weight is 269 g/mol. The van der Waals surface area contributed by atoms with Gasteiger partial charge in [-0.25, -0.2) is 4.39 Å². The van der Waals surface area contributed by atoms with Gasteiger partial charge in [-0.1, -0.05) is 0 Å². The maximum Gasteiger partial charge on any atom is 0.313 e. The summed E-state index contributed by atoms with van der Waals surface area (Å²) in [6, 6.07) is 3.13. The van der Waals surface area contributed by atoms with Gasteiger partial charge in [-0.2, -0.15) is 0 Å².